The van der Waals surface area contributed by atoms with Gasteiger partial charge in [-0.2, -0.15) is 0 Å². The lowest BCUT2D eigenvalue weighted by atomic mass is 9.94. The molecule has 0 amide bonds. The van der Waals surface area contributed by atoms with Crippen LogP contribution in [0.4, 0.5) is 0 Å². The van der Waals surface area contributed by atoms with Crippen molar-refractivity contribution in [3.8, 4) is 0 Å². The van der Waals surface area contributed by atoms with Crippen LogP contribution in [0.15, 0.2) is 0 Å². The van der Waals surface area contributed by atoms with Gasteiger partial charge in [-0.15, -0.1) is 0 Å². The number of rotatable bonds is 13. The van der Waals surface area contributed by atoms with E-state index in [9.17, 15) is 0 Å². The predicted octanol–water partition coefficient (Wildman–Crippen LogP) is 6.08. The fourth-order valence-electron chi connectivity index (χ4n) is 3.73. The molecule has 1 fully saturated rings. The molecule has 0 aromatic rings. The van der Waals surface area contributed by atoms with Crippen molar-refractivity contribution < 1.29 is 0 Å². The summed E-state index contributed by atoms with van der Waals surface area (Å²) < 4.78 is 0. The van der Waals surface area contributed by atoms with E-state index in [0.29, 0.717) is 0 Å². The van der Waals surface area contributed by atoms with E-state index in [0.717, 1.165) is 12.0 Å². The molecule has 1 rings (SSSR count). The highest BCUT2D eigenvalue weighted by Crippen LogP contribution is 2.29. The molecule has 1 aliphatic carbocycles. The third kappa shape index (κ3) is 9.00. The first-order valence-electron chi connectivity index (χ1n) is 9.54. The third-order valence-electron chi connectivity index (χ3n) is 5.16. The molecule has 1 heteroatoms. The third-order valence-corrected chi connectivity index (χ3v) is 5.16. The highest BCUT2D eigenvalue weighted by atomic mass is 14.9. The second-order valence-corrected chi connectivity index (χ2v) is 6.99. The summed E-state index contributed by atoms with van der Waals surface area (Å²) in [6.45, 7) is 2.30. The maximum atomic E-state index is 3.55. The minimum atomic E-state index is 0.794. The second kappa shape index (κ2) is 12.7. The Balaban J connectivity index is 1.88. The Morgan fingerprint density at radius 1 is 0.850 bits per heavy atom. The smallest absolute Gasteiger partial charge is 0.00667 e. The summed E-state index contributed by atoms with van der Waals surface area (Å²) in [6, 6.07) is 0.794. The highest BCUT2D eigenvalue weighted by Gasteiger charge is 2.18. The van der Waals surface area contributed by atoms with Crippen molar-refractivity contribution in [1.29, 1.82) is 0 Å². The van der Waals surface area contributed by atoms with Crippen LogP contribution >= 0.6 is 0 Å². The van der Waals surface area contributed by atoms with E-state index < -0.39 is 0 Å². The number of hydrogen-bond acceptors (Lipinski definition) is 1. The summed E-state index contributed by atoms with van der Waals surface area (Å²) in [6.07, 6.45) is 21.8. The monoisotopic (exact) mass is 281 g/mol. The summed E-state index contributed by atoms with van der Waals surface area (Å²) >= 11 is 0. The van der Waals surface area contributed by atoms with E-state index in [4.69, 9.17) is 0 Å². The fourth-order valence-corrected chi connectivity index (χ4v) is 3.73. The Bertz CT molecular complexity index is 196. The van der Waals surface area contributed by atoms with Gasteiger partial charge in [0.15, 0.2) is 0 Å². The van der Waals surface area contributed by atoms with Crippen molar-refractivity contribution in [2.75, 3.05) is 7.05 Å². The molecule has 0 saturated heterocycles. The van der Waals surface area contributed by atoms with E-state index in [1.165, 1.54) is 96.3 Å². The lowest BCUT2D eigenvalue weighted by Gasteiger charge is -2.20. The van der Waals surface area contributed by atoms with E-state index in [2.05, 4.69) is 19.3 Å². The summed E-state index contributed by atoms with van der Waals surface area (Å²) in [7, 11) is 2.16. The molecule has 120 valence electrons. The first-order valence-corrected chi connectivity index (χ1v) is 9.54. The zero-order valence-electron chi connectivity index (χ0n) is 14.3. The molecule has 20 heavy (non-hydrogen) atoms. The molecule has 0 radical (unpaired) electrons. The van der Waals surface area contributed by atoms with Gasteiger partial charge in [-0.05, 0) is 25.8 Å². The minimum Gasteiger partial charge on any atom is -0.317 e. The van der Waals surface area contributed by atoms with Crippen molar-refractivity contribution in [3.63, 3.8) is 0 Å². The molecular formula is C19H39N. The maximum absolute atomic E-state index is 3.55. The summed E-state index contributed by atoms with van der Waals surface area (Å²) in [5.74, 6) is 1.03. The summed E-state index contributed by atoms with van der Waals surface area (Å²) in [5, 5.41) is 3.55. The lowest BCUT2D eigenvalue weighted by molar-refractivity contribution is 0.377. The van der Waals surface area contributed by atoms with Crippen LogP contribution in [0.5, 0.6) is 0 Å². The van der Waals surface area contributed by atoms with Gasteiger partial charge < -0.3 is 5.32 Å². The molecule has 1 aliphatic rings. The van der Waals surface area contributed by atoms with Crippen LogP contribution in [-0.4, -0.2) is 13.1 Å². The Morgan fingerprint density at radius 3 is 1.95 bits per heavy atom. The van der Waals surface area contributed by atoms with Crippen molar-refractivity contribution in [2.45, 2.75) is 109 Å². The van der Waals surface area contributed by atoms with Crippen molar-refractivity contribution in [2.24, 2.45) is 5.92 Å². The topological polar surface area (TPSA) is 12.0 Å². The average molecular weight is 282 g/mol. The van der Waals surface area contributed by atoms with Gasteiger partial charge in [0.2, 0.25) is 0 Å². The lowest BCUT2D eigenvalue weighted by Crippen LogP contribution is -2.27. The van der Waals surface area contributed by atoms with Crippen LogP contribution in [0.1, 0.15) is 103 Å². The Kier molecular flexibility index (Phi) is 11.4. The zero-order chi connectivity index (χ0) is 14.5. The Morgan fingerprint density at radius 2 is 1.40 bits per heavy atom. The van der Waals surface area contributed by atoms with E-state index in [1.54, 1.807) is 0 Å². The highest BCUT2D eigenvalue weighted by molar-refractivity contribution is 4.74. The summed E-state index contributed by atoms with van der Waals surface area (Å²) in [4.78, 5) is 0. The van der Waals surface area contributed by atoms with Crippen LogP contribution in [0.2, 0.25) is 0 Å². The van der Waals surface area contributed by atoms with Gasteiger partial charge in [0.05, 0.1) is 0 Å². The first-order chi connectivity index (χ1) is 9.86. The van der Waals surface area contributed by atoms with Gasteiger partial charge in [0.1, 0.15) is 0 Å². The van der Waals surface area contributed by atoms with E-state index in [1.807, 2.05) is 0 Å². The Hall–Kier alpha value is -0.0400. The first kappa shape index (κ1) is 18.0. The predicted molar refractivity (Wildman–Crippen MR) is 91.3 cm³/mol. The molecule has 1 saturated carbocycles. The molecule has 0 aromatic heterocycles. The Labute approximate surface area is 128 Å². The van der Waals surface area contributed by atoms with Crippen molar-refractivity contribution in [3.05, 3.63) is 0 Å². The molecule has 1 nitrogen and oxygen atoms in total. The quantitative estimate of drug-likeness (QED) is 0.404. The van der Waals surface area contributed by atoms with Crippen LogP contribution in [0, 0.1) is 5.92 Å². The molecule has 0 aliphatic heterocycles. The number of hydrogen-bond donors (Lipinski definition) is 1. The normalized spacial score (nSPS) is 17.7. The van der Waals surface area contributed by atoms with Gasteiger partial charge in [0.25, 0.3) is 0 Å². The van der Waals surface area contributed by atoms with Crippen LogP contribution in [0.3, 0.4) is 0 Å². The molecule has 1 N–H and O–H groups in total. The fraction of sp³-hybridized carbons (Fsp3) is 1.00. The number of unbranched alkanes of at least 4 members (excludes halogenated alkanes) is 8. The standard InChI is InChI=1S/C19H39N/c1-3-4-5-6-7-8-9-10-11-16-19(20-2)17-18-14-12-13-15-18/h18-20H,3-17H2,1-2H3. The zero-order valence-corrected chi connectivity index (χ0v) is 14.3. The maximum Gasteiger partial charge on any atom is 0.00667 e. The largest absolute Gasteiger partial charge is 0.317 e. The van der Waals surface area contributed by atoms with Gasteiger partial charge >= 0.3 is 0 Å². The van der Waals surface area contributed by atoms with Crippen LogP contribution in [0.25, 0.3) is 0 Å². The molecule has 0 heterocycles. The van der Waals surface area contributed by atoms with Gasteiger partial charge in [-0.3, -0.25) is 0 Å². The molecule has 0 aromatic carbocycles. The van der Waals surface area contributed by atoms with Crippen LogP contribution < -0.4 is 5.32 Å². The SMILES string of the molecule is CCCCCCCCCCCC(CC1CCCC1)NC. The van der Waals surface area contributed by atoms with Gasteiger partial charge in [-0.25, -0.2) is 0 Å². The molecule has 0 spiro atoms. The second-order valence-electron chi connectivity index (χ2n) is 6.99. The molecule has 1 unspecified atom stereocenters. The van der Waals surface area contributed by atoms with Gasteiger partial charge in [-0.1, -0.05) is 90.4 Å². The van der Waals surface area contributed by atoms with Gasteiger partial charge in [0, 0.05) is 6.04 Å². The number of nitrogens with one attached hydrogen (secondary N) is 1. The molecular weight excluding hydrogens is 242 g/mol. The van der Waals surface area contributed by atoms with Crippen LogP contribution in [-0.2, 0) is 0 Å². The van der Waals surface area contributed by atoms with E-state index in [-0.39, 0.29) is 0 Å². The van der Waals surface area contributed by atoms with E-state index >= 15 is 0 Å². The van der Waals surface area contributed by atoms with Crippen molar-refractivity contribution in [1.82, 2.24) is 5.32 Å². The average Bonchev–Trinajstić information content (AvgIpc) is 2.97. The molecule has 0 bridgehead atoms. The molecule has 1 atom stereocenters. The summed E-state index contributed by atoms with van der Waals surface area (Å²) in [5.41, 5.74) is 0. The van der Waals surface area contributed by atoms with Crippen molar-refractivity contribution >= 4 is 0 Å². The minimum absolute atomic E-state index is 0.794.